The molecule has 0 aromatic carbocycles. The third-order valence-corrected chi connectivity index (χ3v) is 3.60. The average Bonchev–Trinajstić information content (AvgIpc) is 2.56. The molecule has 0 saturated carbocycles. The van der Waals surface area contributed by atoms with Crippen molar-refractivity contribution in [1.82, 2.24) is 20.1 Å². The Morgan fingerprint density at radius 3 is 2.33 bits per heavy atom. The van der Waals surface area contributed by atoms with Crippen LogP contribution in [-0.4, -0.2) is 52.2 Å². The van der Waals surface area contributed by atoms with Gasteiger partial charge in [-0.15, -0.1) is 5.10 Å². The second-order valence-electron chi connectivity index (χ2n) is 5.05. The number of anilines is 1. The Morgan fingerprint density at radius 2 is 1.71 bits per heavy atom. The second kappa shape index (κ2) is 5.87. The van der Waals surface area contributed by atoms with Crippen molar-refractivity contribution in [3.05, 3.63) is 47.9 Å². The van der Waals surface area contributed by atoms with Gasteiger partial charge >= 0.3 is 0 Å². The van der Waals surface area contributed by atoms with Crippen molar-refractivity contribution in [1.29, 1.82) is 0 Å². The number of aromatic nitrogens is 3. The summed E-state index contributed by atoms with van der Waals surface area (Å²) in [6.45, 7) is 4.85. The smallest absolute Gasteiger partial charge is 0.254 e. The van der Waals surface area contributed by atoms with Crippen LogP contribution < -0.4 is 4.90 Å². The Morgan fingerprint density at radius 1 is 1.00 bits per heavy atom. The molecule has 6 nitrogen and oxygen atoms in total. The van der Waals surface area contributed by atoms with Crippen LogP contribution in [0.25, 0.3) is 0 Å². The zero-order valence-corrected chi connectivity index (χ0v) is 11.9. The maximum absolute atomic E-state index is 12.3. The van der Waals surface area contributed by atoms with Crippen molar-refractivity contribution in [3.8, 4) is 0 Å². The van der Waals surface area contributed by atoms with Crippen molar-refractivity contribution >= 4 is 11.7 Å². The molecule has 1 amide bonds. The van der Waals surface area contributed by atoms with E-state index in [0.717, 1.165) is 24.6 Å². The third-order valence-electron chi connectivity index (χ3n) is 3.60. The molecule has 2 aromatic rings. The fraction of sp³-hybridized carbons (Fsp3) is 0.333. The van der Waals surface area contributed by atoms with E-state index in [1.807, 2.05) is 24.0 Å². The van der Waals surface area contributed by atoms with Gasteiger partial charge in [0.05, 0.1) is 5.69 Å². The molecule has 2 aromatic heterocycles. The normalized spacial score (nSPS) is 15.1. The first-order chi connectivity index (χ1) is 10.2. The second-order valence-corrected chi connectivity index (χ2v) is 5.05. The molecular formula is C15H17N5O. The lowest BCUT2D eigenvalue weighted by molar-refractivity contribution is 0.0746. The molecule has 0 spiro atoms. The molecule has 1 saturated heterocycles. The zero-order chi connectivity index (χ0) is 14.7. The lowest BCUT2D eigenvalue weighted by Crippen LogP contribution is -2.49. The minimum Gasteiger partial charge on any atom is -0.352 e. The van der Waals surface area contributed by atoms with E-state index >= 15 is 0 Å². The van der Waals surface area contributed by atoms with Crippen LogP contribution in [0.5, 0.6) is 0 Å². The SMILES string of the molecule is Cc1ccc(N2CCN(C(=O)c3ccncc3)CC2)nn1. The van der Waals surface area contributed by atoms with Crippen molar-refractivity contribution < 1.29 is 4.79 Å². The van der Waals surface area contributed by atoms with Gasteiger partial charge in [-0.2, -0.15) is 5.10 Å². The highest BCUT2D eigenvalue weighted by molar-refractivity contribution is 5.94. The van der Waals surface area contributed by atoms with Crippen LogP contribution in [-0.2, 0) is 0 Å². The van der Waals surface area contributed by atoms with Crippen molar-refractivity contribution in [2.24, 2.45) is 0 Å². The molecule has 0 N–H and O–H groups in total. The molecule has 3 heterocycles. The quantitative estimate of drug-likeness (QED) is 0.827. The van der Waals surface area contributed by atoms with E-state index in [-0.39, 0.29) is 5.91 Å². The minimum absolute atomic E-state index is 0.0621. The maximum Gasteiger partial charge on any atom is 0.254 e. The fourth-order valence-corrected chi connectivity index (χ4v) is 2.38. The Kier molecular flexibility index (Phi) is 3.77. The van der Waals surface area contributed by atoms with Crippen molar-refractivity contribution in [3.63, 3.8) is 0 Å². The number of nitrogens with zero attached hydrogens (tertiary/aromatic N) is 5. The molecule has 108 valence electrons. The number of piperazine rings is 1. The van der Waals surface area contributed by atoms with Gasteiger partial charge in [0.1, 0.15) is 0 Å². The number of hydrogen-bond donors (Lipinski definition) is 0. The highest BCUT2D eigenvalue weighted by Crippen LogP contribution is 2.14. The summed E-state index contributed by atoms with van der Waals surface area (Å²) in [5.41, 5.74) is 1.60. The summed E-state index contributed by atoms with van der Waals surface area (Å²) in [6, 6.07) is 7.43. The van der Waals surface area contributed by atoms with E-state index in [1.54, 1.807) is 24.5 Å². The predicted octanol–water partition coefficient (Wildman–Crippen LogP) is 1.14. The number of carbonyl (C=O) groups is 1. The first kappa shape index (κ1) is 13.5. The number of amides is 1. The van der Waals surface area contributed by atoms with Gasteiger partial charge in [0.25, 0.3) is 5.91 Å². The topological polar surface area (TPSA) is 62.2 Å². The Bertz CT molecular complexity index is 606. The molecule has 6 heteroatoms. The van der Waals surface area contributed by atoms with E-state index in [4.69, 9.17) is 0 Å². The largest absolute Gasteiger partial charge is 0.352 e. The zero-order valence-electron chi connectivity index (χ0n) is 11.9. The third kappa shape index (κ3) is 2.99. The molecule has 0 unspecified atom stereocenters. The molecule has 0 radical (unpaired) electrons. The number of carbonyl (C=O) groups excluding carboxylic acids is 1. The van der Waals surface area contributed by atoms with E-state index in [2.05, 4.69) is 20.1 Å². The Hall–Kier alpha value is -2.50. The van der Waals surface area contributed by atoms with Crippen LogP contribution in [0, 0.1) is 6.92 Å². The lowest BCUT2D eigenvalue weighted by atomic mass is 10.2. The van der Waals surface area contributed by atoms with Gasteiger partial charge in [-0.1, -0.05) is 0 Å². The molecule has 1 aliphatic heterocycles. The summed E-state index contributed by atoms with van der Waals surface area (Å²) < 4.78 is 0. The maximum atomic E-state index is 12.3. The molecule has 0 aliphatic carbocycles. The first-order valence-electron chi connectivity index (χ1n) is 6.98. The number of pyridine rings is 1. The van der Waals surface area contributed by atoms with Crippen LogP contribution in [0.4, 0.5) is 5.82 Å². The number of rotatable bonds is 2. The molecule has 3 rings (SSSR count). The summed E-state index contributed by atoms with van der Waals surface area (Å²) in [5.74, 6) is 0.934. The van der Waals surface area contributed by atoms with Crippen LogP contribution in [0.15, 0.2) is 36.7 Å². The molecule has 1 fully saturated rings. The van der Waals surface area contributed by atoms with Gasteiger partial charge in [-0.3, -0.25) is 9.78 Å². The van der Waals surface area contributed by atoms with E-state index < -0.39 is 0 Å². The van der Waals surface area contributed by atoms with Gasteiger partial charge in [-0.05, 0) is 31.2 Å². The van der Waals surface area contributed by atoms with Crippen molar-refractivity contribution in [2.45, 2.75) is 6.92 Å². The fourth-order valence-electron chi connectivity index (χ4n) is 2.38. The summed E-state index contributed by atoms with van der Waals surface area (Å²) >= 11 is 0. The van der Waals surface area contributed by atoms with Crippen LogP contribution in [0.1, 0.15) is 16.1 Å². The lowest BCUT2D eigenvalue weighted by Gasteiger charge is -2.35. The number of hydrogen-bond acceptors (Lipinski definition) is 5. The standard InChI is InChI=1S/C15H17N5O/c1-12-2-3-14(18-17-12)19-8-10-20(11-9-19)15(21)13-4-6-16-7-5-13/h2-7H,8-11H2,1H3. The molecule has 1 aliphatic rings. The molecule has 21 heavy (non-hydrogen) atoms. The Balaban J connectivity index is 1.63. The summed E-state index contributed by atoms with van der Waals surface area (Å²) in [4.78, 5) is 20.3. The molecule has 0 atom stereocenters. The van der Waals surface area contributed by atoms with Crippen LogP contribution >= 0.6 is 0 Å². The first-order valence-corrected chi connectivity index (χ1v) is 6.98. The highest BCUT2D eigenvalue weighted by atomic mass is 16.2. The summed E-state index contributed by atoms with van der Waals surface area (Å²) in [5, 5.41) is 8.27. The summed E-state index contributed by atoms with van der Waals surface area (Å²) in [6.07, 6.45) is 3.29. The van der Waals surface area contributed by atoms with E-state index in [0.29, 0.717) is 18.7 Å². The van der Waals surface area contributed by atoms with Gasteiger partial charge in [-0.25, -0.2) is 0 Å². The monoisotopic (exact) mass is 283 g/mol. The van der Waals surface area contributed by atoms with Crippen LogP contribution in [0.3, 0.4) is 0 Å². The molecular weight excluding hydrogens is 266 g/mol. The summed E-state index contributed by atoms with van der Waals surface area (Å²) in [7, 11) is 0. The van der Waals surface area contributed by atoms with Gasteiger partial charge in [0.15, 0.2) is 5.82 Å². The van der Waals surface area contributed by atoms with Gasteiger partial charge in [0, 0.05) is 44.1 Å². The average molecular weight is 283 g/mol. The predicted molar refractivity (Wildman–Crippen MR) is 79.1 cm³/mol. The van der Waals surface area contributed by atoms with E-state index in [1.165, 1.54) is 0 Å². The van der Waals surface area contributed by atoms with Crippen LogP contribution in [0.2, 0.25) is 0 Å². The van der Waals surface area contributed by atoms with Gasteiger partial charge in [0.2, 0.25) is 0 Å². The van der Waals surface area contributed by atoms with E-state index in [9.17, 15) is 4.79 Å². The molecule has 0 bridgehead atoms. The highest BCUT2D eigenvalue weighted by Gasteiger charge is 2.22. The van der Waals surface area contributed by atoms with Crippen molar-refractivity contribution in [2.75, 3.05) is 31.1 Å². The van der Waals surface area contributed by atoms with Gasteiger partial charge < -0.3 is 9.80 Å². The minimum atomic E-state index is 0.0621. The Labute approximate surface area is 123 Å². The number of aryl methyl sites for hydroxylation is 1.